The average Bonchev–Trinajstić information content (AvgIpc) is 3.36. The number of nitrogens with zero attached hydrogens (tertiary/aromatic N) is 6. The van der Waals surface area contributed by atoms with E-state index in [0.717, 1.165) is 16.8 Å². The predicted octanol–water partition coefficient (Wildman–Crippen LogP) is 2.91. The summed E-state index contributed by atoms with van der Waals surface area (Å²) < 4.78 is 6.97. The van der Waals surface area contributed by atoms with Crippen molar-refractivity contribution < 1.29 is 9.21 Å². The molecule has 0 saturated heterocycles. The molecule has 0 fully saturated rings. The molecule has 0 aliphatic carbocycles. The summed E-state index contributed by atoms with van der Waals surface area (Å²) in [6, 6.07) is 11.7. The van der Waals surface area contributed by atoms with Gasteiger partial charge in [-0.25, -0.2) is 0 Å². The monoisotopic (exact) mass is 396 g/mol. The lowest BCUT2D eigenvalue weighted by Crippen LogP contribution is -2.32. The number of hydrogen-bond acceptors (Lipinski definition) is 7. The highest BCUT2D eigenvalue weighted by Crippen LogP contribution is 2.22. The number of rotatable bonds is 8. The molecule has 2 aromatic heterocycles. The van der Waals surface area contributed by atoms with Crippen LogP contribution in [0.25, 0.3) is 5.69 Å². The maximum absolute atomic E-state index is 12.7. The molecular formula is C19H20N6O2S. The Morgan fingerprint density at radius 3 is 2.96 bits per heavy atom. The van der Waals surface area contributed by atoms with Gasteiger partial charge in [-0.3, -0.25) is 4.79 Å². The molecule has 9 heteroatoms. The van der Waals surface area contributed by atoms with Gasteiger partial charge < -0.3 is 9.32 Å². The number of furan rings is 1. The molecule has 0 spiro atoms. The SMILES string of the molecule is Cc1ccc(C)c(-n2nnnc2SCC(=O)N(CCC#N)Cc2ccco2)c1. The van der Waals surface area contributed by atoms with E-state index < -0.39 is 0 Å². The topological polar surface area (TPSA) is 101 Å². The van der Waals surface area contributed by atoms with Crippen LogP contribution in [0.15, 0.2) is 46.2 Å². The van der Waals surface area contributed by atoms with Gasteiger partial charge >= 0.3 is 0 Å². The van der Waals surface area contributed by atoms with E-state index >= 15 is 0 Å². The number of carbonyl (C=O) groups is 1. The van der Waals surface area contributed by atoms with E-state index in [2.05, 4.69) is 21.6 Å². The molecular weight excluding hydrogens is 376 g/mol. The molecule has 0 unspecified atom stereocenters. The van der Waals surface area contributed by atoms with Crippen LogP contribution in [-0.2, 0) is 11.3 Å². The van der Waals surface area contributed by atoms with Crippen molar-refractivity contribution in [1.29, 1.82) is 5.26 Å². The molecule has 0 N–H and O–H groups in total. The van der Waals surface area contributed by atoms with Crippen molar-refractivity contribution in [2.45, 2.75) is 32.0 Å². The first-order valence-corrected chi connectivity index (χ1v) is 9.73. The third kappa shape index (κ3) is 4.78. The van der Waals surface area contributed by atoms with Gasteiger partial charge in [0.05, 0.1) is 36.7 Å². The van der Waals surface area contributed by atoms with Gasteiger partial charge in [0.1, 0.15) is 5.76 Å². The van der Waals surface area contributed by atoms with Crippen LogP contribution in [0.5, 0.6) is 0 Å². The lowest BCUT2D eigenvalue weighted by atomic mass is 10.1. The smallest absolute Gasteiger partial charge is 0.233 e. The van der Waals surface area contributed by atoms with E-state index in [9.17, 15) is 4.79 Å². The summed E-state index contributed by atoms with van der Waals surface area (Å²) in [6.07, 6.45) is 1.83. The number of thioether (sulfide) groups is 1. The highest BCUT2D eigenvalue weighted by molar-refractivity contribution is 7.99. The highest BCUT2D eigenvalue weighted by atomic mass is 32.2. The van der Waals surface area contributed by atoms with Crippen LogP contribution in [0.2, 0.25) is 0 Å². The number of carbonyl (C=O) groups excluding carboxylic acids is 1. The zero-order valence-electron chi connectivity index (χ0n) is 15.7. The minimum absolute atomic E-state index is 0.104. The molecule has 0 saturated carbocycles. The van der Waals surface area contributed by atoms with Gasteiger partial charge in [-0.1, -0.05) is 23.9 Å². The van der Waals surface area contributed by atoms with E-state index in [0.29, 0.717) is 24.0 Å². The Labute approximate surface area is 167 Å². The van der Waals surface area contributed by atoms with Gasteiger partial charge in [-0.05, 0) is 53.6 Å². The van der Waals surface area contributed by atoms with Crippen molar-refractivity contribution in [3.63, 3.8) is 0 Å². The van der Waals surface area contributed by atoms with Gasteiger partial charge in [0, 0.05) is 6.54 Å². The molecule has 1 amide bonds. The number of tetrazole rings is 1. The lowest BCUT2D eigenvalue weighted by molar-refractivity contribution is -0.129. The summed E-state index contributed by atoms with van der Waals surface area (Å²) in [7, 11) is 0. The quantitative estimate of drug-likeness (QED) is 0.540. The number of hydrogen-bond donors (Lipinski definition) is 0. The van der Waals surface area contributed by atoms with Crippen molar-refractivity contribution in [3.05, 3.63) is 53.5 Å². The van der Waals surface area contributed by atoms with Crippen molar-refractivity contribution >= 4 is 17.7 Å². The Bertz CT molecular complexity index is 977. The van der Waals surface area contributed by atoms with Crippen molar-refractivity contribution in [2.75, 3.05) is 12.3 Å². The van der Waals surface area contributed by atoms with Crippen LogP contribution >= 0.6 is 11.8 Å². The zero-order valence-corrected chi connectivity index (χ0v) is 16.5. The van der Waals surface area contributed by atoms with E-state index in [4.69, 9.17) is 9.68 Å². The van der Waals surface area contributed by atoms with Gasteiger partial charge in [0.15, 0.2) is 0 Å². The van der Waals surface area contributed by atoms with Crippen LogP contribution < -0.4 is 0 Å². The molecule has 8 nitrogen and oxygen atoms in total. The molecule has 2 heterocycles. The van der Waals surface area contributed by atoms with Crippen molar-refractivity contribution in [1.82, 2.24) is 25.1 Å². The summed E-state index contributed by atoms with van der Waals surface area (Å²) in [5.74, 6) is 0.737. The lowest BCUT2D eigenvalue weighted by Gasteiger charge is -2.20. The second-order valence-corrected chi connectivity index (χ2v) is 7.20. The van der Waals surface area contributed by atoms with Crippen LogP contribution in [-0.4, -0.2) is 43.3 Å². The summed E-state index contributed by atoms with van der Waals surface area (Å²) in [6.45, 7) is 4.67. The average molecular weight is 396 g/mol. The van der Waals surface area contributed by atoms with Crippen molar-refractivity contribution in [3.8, 4) is 11.8 Å². The van der Waals surface area contributed by atoms with Gasteiger partial charge in [-0.2, -0.15) is 9.94 Å². The van der Waals surface area contributed by atoms with Crippen LogP contribution in [0.4, 0.5) is 0 Å². The number of nitriles is 1. The Hall–Kier alpha value is -3.12. The fourth-order valence-corrected chi connectivity index (χ4v) is 3.44. The van der Waals surface area contributed by atoms with E-state index in [-0.39, 0.29) is 18.1 Å². The number of aryl methyl sites for hydroxylation is 2. The Balaban J connectivity index is 1.70. The molecule has 1 aromatic carbocycles. The summed E-state index contributed by atoms with van der Waals surface area (Å²) in [5, 5.41) is 21.3. The van der Waals surface area contributed by atoms with Crippen LogP contribution in [0.3, 0.4) is 0 Å². The molecule has 0 aliphatic heterocycles. The fourth-order valence-electron chi connectivity index (χ4n) is 2.65. The molecule has 3 rings (SSSR count). The van der Waals surface area contributed by atoms with Gasteiger partial charge in [-0.15, -0.1) is 5.10 Å². The second-order valence-electron chi connectivity index (χ2n) is 6.25. The van der Waals surface area contributed by atoms with Gasteiger partial charge in [0.25, 0.3) is 0 Å². The van der Waals surface area contributed by atoms with Crippen LogP contribution in [0, 0.1) is 25.2 Å². The van der Waals surface area contributed by atoms with E-state index in [1.165, 1.54) is 11.8 Å². The Morgan fingerprint density at radius 2 is 2.21 bits per heavy atom. The van der Waals surface area contributed by atoms with E-state index in [1.54, 1.807) is 28.0 Å². The first kappa shape index (κ1) is 19.6. The number of amides is 1. The summed E-state index contributed by atoms with van der Waals surface area (Å²) >= 11 is 1.27. The zero-order chi connectivity index (χ0) is 19.9. The third-order valence-electron chi connectivity index (χ3n) is 4.13. The third-order valence-corrected chi connectivity index (χ3v) is 5.04. The number of benzene rings is 1. The maximum Gasteiger partial charge on any atom is 0.233 e. The Kier molecular flexibility index (Phi) is 6.45. The normalized spacial score (nSPS) is 10.6. The molecule has 28 heavy (non-hydrogen) atoms. The largest absolute Gasteiger partial charge is 0.467 e. The molecule has 144 valence electrons. The molecule has 0 atom stereocenters. The minimum Gasteiger partial charge on any atom is -0.467 e. The number of aromatic nitrogens is 4. The van der Waals surface area contributed by atoms with E-state index in [1.807, 2.05) is 32.0 Å². The van der Waals surface area contributed by atoms with Crippen molar-refractivity contribution in [2.24, 2.45) is 0 Å². The first-order valence-electron chi connectivity index (χ1n) is 8.74. The minimum atomic E-state index is -0.104. The Morgan fingerprint density at radius 1 is 1.36 bits per heavy atom. The maximum atomic E-state index is 12.7. The molecule has 0 aliphatic rings. The molecule has 0 radical (unpaired) electrons. The fraction of sp³-hybridized carbons (Fsp3) is 0.316. The highest BCUT2D eigenvalue weighted by Gasteiger charge is 2.18. The predicted molar refractivity (Wildman–Crippen MR) is 104 cm³/mol. The second kappa shape index (κ2) is 9.19. The summed E-state index contributed by atoms with van der Waals surface area (Å²) in [5.41, 5.74) is 3.03. The first-order chi connectivity index (χ1) is 13.6. The molecule has 3 aromatic rings. The summed E-state index contributed by atoms with van der Waals surface area (Å²) in [4.78, 5) is 14.3. The van der Waals surface area contributed by atoms with Crippen LogP contribution in [0.1, 0.15) is 23.3 Å². The van der Waals surface area contributed by atoms with Gasteiger partial charge in [0.2, 0.25) is 11.1 Å². The standard InChI is InChI=1S/C19H20N6O2S/c1-14-6-7-15(2)17(11-14)25-19(21-22-23-25)28-13-18(26)24(9-4-8-20)12-16-5-3-10-27-16/h3,5-7,10-11H,4,9,12-13H2,1-2H3. The molecule has 0 bridgehead atoms.